The van der Waals surface area contributed by atoms with Crippen LogP contribution in [0.15, 0.2) is 81.4 Å². The van der Waals surface area contributed by atoms with Gasteiger partial charge in [-0.25, -0.2) is 0 Å². The number of anilines is 1. The highest BCUT2D eigenvalue weighted by atomic mass is 32.2. The van der Waals surface area contributed by atoms with Crippen LogP contribution in [0.1, 0.15) is 11.9 Å². The van der Waals surface area contributed by atoms with Crippen molar-refractivity contribution in [2.24, 2.45) is 7.05 Å². The molecule has 0 spiro atoms. The van der Waals surface area contributed by atoms with E-state index < -0.39 is 0 Å². The summed E-state index contributed by atoms with van der Waals surface area (Å²) in [5.41, 5.74) is 3.61. The van der Waals surface area contributed by atoms with Crippen LogP contribution in [0.3, 0.4) is 0 Å². The number of allylic oxidation sites excluding steroid dienone is 3. The lowest BCUT2D eigenvalue weighted by Crippen LogP contribution is -2.30. The first kappa shape index (κ1) is 19.2. The molecule has 2 heterocycles. The molecule has 6 heteroatoms. The first-order valence-electron chi connectivity index (χ1n) is 9.82. The number of nitrogens with zero attached hydrogens (tertiary/aromatic N) is 2. The van der Waals surface area contributed by atoms with Crippen molar-refractivity contribution >= 4 is 50.9 Å². The molecule has 4 nitrogen and oxygen atoms in total. The monoisotopic (exact) mass is 433 g/mol. The molecule has 1 aliphatic carbocycles. The summed E-state index contributed by atoms with van der Waals surface area (Å²) < 4.78 is 9.22. The lowest BCUT2D eigenvalue weighted by Gasteiger charge is -2.24. The Morgan fingerprint density at radius 1 is 1.10 bits per heavy atom. The largest absolute Gasteiger partial charge is 0.492 e. The topological polar surface area (TPSA) is 33.4 Å². The highest BCUT2D eigenvalue weighted by Gasteiger charge is 2.36. The van der Waals surface area contributed by atoms with Gasteiger partial charge in [-0.1, -0.05) is 47.4 Å². The molecule has 0 bridgehead atoms. The number of benzene rings is 2. The molecule has 1 aromatic heterocycles. The Bertz CT molecular complexity index is 1280. The summed E-state index contributed by atoms with van der Waals surface area (Å²) in [4.78, 5) is 16.4. The molecular formula is C24H21N2O2S2+. The average molecular weight is 434 g/mol. The predicted octanol–water partition coefficient (Wildman–Crippen LogP) is 5.07. The number of carbonyl (C=O) groups excluding carboxylic acids is 1. The number of aryl methyl sites for hydroxylation is 1. The number of ketones is 1. The molecule has 1 aliphatic heterocycles. The predicted molar refractivity (Wildman–Crippen MR) is 123 cm³/mol. The first-order chi connectivity index (χ1) is 14.6. The minimum absolute atomic E-state index is 0.0355. The van der Waals surface area contributed by atoms with E-state index in [-0.39, 0.29) is 5.78 Å². The highest BCUT2D eigenvalue weighted by molar-refractivity contribution is 8.03. The van der Waals surface area contributed by atoms with Crippen LogP contribution in [0.4, 0.5) is 5.69 Å². The summed E-state index contributed by atoms with van der Waals surface area (Å²) in [6.45, 7) is 2.47. The van der Waals surface area contributed by atoms with Gasteiger partial charge in [-0.05, 0) is 31.2 Å². The van der Waals surface area contributed by atoms with Gasteiger partial charge in [-0.15, -0.1) is 0 Å². The summed E-state index contributed by atoms with van der Waals surface area (Å²) in [6, 6.07) is 16.5. The standard InChI is InChI=1S/C24H21N2O2S2/c1-4-28-24-15(13-21-25(2)17-9-5-7-11-19(17)29-21)23(27)16(24)14-22-26(3)18-10-6-8-12-20(18)30-22/h5-14H,4H2,1-3H3/q+1. The maximum Gasteiger partial charge on any atom is 0.263 e. The lowest BCUT2D eigenvalue weighted by molar-refractivity contribution is -0.642. The lowest BCUT2D eigenvalue weighted by atomic mass is 9.87. The van der Waals surface area contributed by atoms with Crippen molar-refractivity contribution < 1.29 is 14.1 Å². The molecule has 2 aromatic carbocycles. The van der Waals surface area contributed by atoms with Crippen LogP contribution in [-0.2, 0) is 16.6 Å². The van der Waals surface area contributed by atoms with Crippen molar-refractivity contribution in [2.75, 3.05) is 18.6 Å². The molecule has 0 amide bonds. The minimum Gasteiger partial charge on any atom is -0.492 e. The number of hydrogen-bond acceptors (Lipinski definition) is 5. The van der Waals surface area contributed by atoms with Crippen molar-refractivity contribution in [3.63, 3.8) is 0 Å². The van der Waals surface area contributed by atoms with E-state index in [1.54, 1.807) is 23.1 Å². The van der Waals surface area contributed by atoms with E-state index in [0.717, 1.165) is 21.2 Å². The molecule has 0 unspecified atom stereocenters. The normalized spacial score (nSPS) is 18.5. The fourth-order valence-electron chi connectivity index (χ4n) is 3.74. The maximum atomic E-state index is 13.1. The average Bonchev–Trinajstić information content (AvgIpc) is 3.26. The molecule has 0 atom stereocenters. The van der Waals surface area contributed by atoms with Gasteiger partial charge in [0.15, 0.2) is 0 Å². The molecule has 0 radical (unpaired) electrons. The van der Waals surface area contributed by atoms with Gasteiger partial charge in [0.05, 0.1) is 28.5 Å². The van der Waals surface area contributed by atoms with Gasteiger partial charge in [0.25, 0.3) is 5.01 Å². The van der Waals surface area contributed by atoms with E-state index in [2.05, 4.69) is 33.7 Å². The SMILES string of the molecule is CCOC1=C(C=C2Sc3ccccc3N2C)C(=O)C1=Cc1sc2ccccc2[n+]1C. The van der Waals surface area contributed by atoms with Gasteiger partial charge in [-0.3, -0.25) is 4.79 Å². The second-order valence-corrected chi connectivity index (χ2v) is 9.27. The minimum atomic E-state index is 0.0355. The van der Waals surface area contributed by atoms with Gasteiger partial charge >= 0.3 is 0 Å². The molecular weight excluding hydrogens is 412 g/mol. The third-order valence-corrected chi connectivity index (χ3v) is 7.68. The fraction of sp³-hybridized carbons (Fsp3) is 0.167. The quantitative estimate of drug-likeness (QED) is 0.425. The third kappa shape index (κ3) is 2.99. The molecule has 3 aromatic rings. The number of hydrogen-bond donors (Lipinski definition) is 0. The Labute approximate surface area is 183 Å². The van der Waals surface area contributed by atoms with Crippen LogP contribution in [0, 0.1) is 0 Å². The van der Waals surface area contributed by atoms with Crippen LogP contribution >= 0.6 is 23.1 Å². The van der Waals surface area contributed by atoms with E-state index in [1.165, 1.54) is 9.60 Å². The number of thiazole rings is 1. The first-order valence-corrected chi connectivity index (χ1v) is 11.5. The van der Waals surface area contributed by atoms with E-state index in [1.807, 2.05) is 57.4 Å². The molecule has 5 rings (SSSR count). The summed E-state index contributed by atoms with van der Waals surface area (Å²) in [6.07, 6.45) is 3.92. The van der Waals surface area contributed by atoms with Crippen molar-refractivity contribution in [3.8, 4) is 0 Å². The van der Waals surface area contributed by atoms with E-state index in [9.17, 15) is 4.79 Å². The van der Waals surface area contributed by atoms with Crippen molar-refractivity contribution in [2.45, 2.75) is 11.8 Å². The molecule has 0 fully saturated rings. The van der Waals surface area contributed by atoms with E-state index in [4.69, 9.17) is 4.74 Å². The number of carbonyl (C=O) groups is 1. The maximum absolute atomic E-state index is 13.1. The fourth-order valence-corrected chi connectivity index (χ4v) is 5.92. The highest BCUT2D eigenvalue weighted by Crippen LogP contribution is 2.46. The summed E-state index contributed by atoms with van der Waals surface area (Å²) in [7, 11) is 4.06. The Hall–Kier alpha value is -2.83. The van der Waals surface area contributed by atoms with Gasteiger partial charge in [0.2, 0.25) is 11.3 Å². The summed E-state index contributed by atoms with van der Waals surface area (Å²) in [5, 5.41) is 2.06. The van der Waals surface area contributed by atoms with Gasteiger partial charge in [-0.2, -0.15) is 4.57 Å². The van der Waals surface area contributed by atoms with E-state index >= 15 is 0 Å². The number of ether oxygens (including phenoxy) is 1. The van der Waals surface area contributed by atoms with Crippen LogP contribution in [0.5, 0.6) is 0 Å². The van der Waals surface area contributed by atoms with Gasteiger partial charge in [0.1, 0.15) is 17.5 Å². The second kappa shape index (κ2) is 7.45. The zero-order chi connectivity index (χ0) is 20.8. The Kier molecular flexibility index (Phi) is 4.76. The molecule has 30 heavy (non-hydrogen) atoms. The van der Waals surface area contributed by atoms with Crippen molar-refractivity contribution in [1.29, 1.82) is 0 Å². The smallest absolute Gasteiger partial charge is 0.263 e. The van der Waals surface area contributed by atoms with Crippen LogP contribution < -0.4 is 9.47 Å². The summed E-state index contributed by atoms with van der Waals surface area (Å²) >= 11 is 3.36. The number of para-hydroxylation sites is 2. The number of fused-ring (bicyclic) bond motifs is 2. The molecule has 2 aliphatic rings. The summed E-state index contributed by atoms with van der Waals surface area (Å²) in [5.74, 6) is 0.728. The van der Waals surface area contributed by atoms with Crippen LogP contribution in [0.2, 0.25) is 0 Å². The van der Waals surface area contributed by atoms with Crippen molar-refractivity contribution in [3.05, 3.63) is 81.5 Å². The van der Waals surface area contributed by atoms with E-state index in [0.29, 0.717) is 23.5 Å². The number of rotatable bonds is 4. The third-order valence-electron chi connectivity index (χ3n) is 5.35. The molecule has 150 valence electrons. The number of aromatic nitrogens is 1. The second-order valence-electron chi connectivity index (χ2n) is 7.14. The number of thioether (sulfide) groups is 1. The van der Waals surface area contributed by atoms with Gasteiger partial charge in [0, 0.05) is 24.1 Å². The van der Waals surface area contributed by atoms with Crippen LogP contribution in [0.25, 0.3) is 16.3 Å². The van der Waals surface area contributed by atoms with Gasteiger partial charge < -0.3 is 9.64 Å². The zero-order valence-electron chi connectivity index (χ0n) is 17.0. The van der Waals surface area contributed by atoms with Crippen molar-refractivity contribution in [1.82, 2.24) is 0 Å². The molecule has 0 N–H and O–H groups in total. The Morgan fingerprint density at radius 3 is 2.63 bits per heavy atom. The molecule has 0 saturated carbocycles. The Balaban J connectivity index is 1.54. The zero-order valence-corrected chi connectivity index (χ0v) is 18.6. The number of Topliss-reactive ketones (excluding diaryl/α,β-unsaturated/α-hetero) is 1. The van der Waals surface area contributed by atoms with Crippen LogP contribution in [-0.4, -0.2) is 19.4 Å². The molecule has 0 saturated heterocycles. The Morgan fingerprint density at radius 2 is 1.87 bits per heavy atom.